The van der Waals surface area contributed by atoms with Crippen LogP contribution in [0.15, 0.2) is 65.6 Å². The van der Waals surface area contributed by atoms with E-state index in [1.165, 1.54) is 24.7 Å². The van der Waals surface area contributed by atoms with Crippen molar-refractivity contribution in [3.8, 4) is 17.2 Å². The molecule has 35 heavy (non-hydrogen) atoms. The number of urea groups is 1. The van der Waals surface area contributed by atoms with E-state index in [9.17, 15) is 9.59 Å². The molecule has 4 aromatic rings. The van der Waals surface area contributed by atoms with Crippen LogP contribution in [-0.4, -0.2) is 29.6 Å². The van der Waals surface area contributed by atoms with Crippen LogP contribution in [0.2, 0.25) is 0 Å². The minimum absolute atomic E-state index is 0.111. The van der Waals surface area contributed by atoms with Crippen molar-refractivity contribution in [2.45, 2.75) is 20.5 Å². The fraction of sp³-hybridized carbons (Fsp3) is 0.192. The quantitative estimate of drug-likeness (QED) is 0.407. The summed E-state index contributed by atoms with van der Waals surface area (Å²) in [7, 11) is 3.08. The van der Waals surface area contributed by atoms with Gasteiger partial charge in [-0.3, -0.25) is 9.20 Å². The molecule has 0 radical (unpaired) electrons. The molecule has 0 unspecified atom stereocenters. The minimum atomic E-state index is -0.435. The van der Waals surface area contributed by atoms with Gasteiger partial charge in [0.25, 0.3) is 5.56 Å². The van der Waals surface area contributed by atoms with E-state index in [1.807, 2.05) is 32.0 Å². The van der Waals surface area contributed by atoms with Gasteiger partial charge < -0.3 is 24.8 Å². The topological polar surface area (TPSA) is 103 Å². The number of nitrogens with zero attached hydrogens (tertiary/aromatic N) is 2. The molecule has 0 bridgehead atoms. The predicted molar refractivity (Wildman–Crippen MR) is 134 cm³/mol. The van der Waals surface area contributed by atoms with Crippen molar-refractivity contribution in [1.82, 2.24) is 9.38 Å². The minimum Gasteiger partial charge on any atom is -0.497 e. The summed E-state index contributed by atoms with van der Waals surface area (Å²) in [6.07, 6.45) is 1.69. The third-order valence-electron chi connectivity index (χ3n) is 5.37. The predicted octanol–water partition coefficient (Wildman–Crippen LogP) is 4.55. The zero-order valence-electron chi connectivity index (χ0n) is 19.9. The molecule has 2 aromatic carbocycles. The molecule has 2 aromatic heterocycles. The summed E-state index contributed by atoms with van der Waals surface area (Å²) in [6, 6.07) is 15.2. The van der Waals surface area contributed by atoms with E-state index >= 15 is 0 Å². The van der Waals surface area contributed by atoms with Gasteiger partial charge in [0.2, 0.25) is 0 Å². The maximum Gasteiger partial charge on any atom is 0.323 e. The van der Waals surface area contributed by atoms with Gasteiger partial charge in [-0.25, -0.2) is 9.78 Å². The second-order valence-electron chi connectivity index (χ2n) is 7.92. The number of nitrogens with one attached hydrogen (secondary N) is 2. The Bertz CT molecular complexity index is 1430. The largest absolute Gasteiger partial charge is 0.497 e. The number of hydrogen-bond acceptors (Lipinski definition) is 6. The molecule has 2 N–H and O–H groups in total. The highest BCUT2D eigenvalue weighted by molar-refractivity contribution is 6.00. The lowest BCUT2D eigenvalue weighted by molar-refractivity contribution is 0.262. The number of methoxy groups -OCH3 is 2. The molecule has 0 aliphatic heterocycles. The van der Waals surface area contributed by atoms with Gasteiger partial charge in [0.1, 0.15) is 29.5 Å². The van der Waals surface area contributed by atoms with Gasteiger partial charge in [-0.1, -0.05) is 12.1 Å². The maximum absolute atomic E-state index is 12.6. The van der Waals surface area contributed by atoms with Crippen LogP contribution in [0.4, 0.5) is 16.2 Å². The van der Waals surface area contributed by atoms with Gasteiger partial charge in [0.15, 0.2) is 0 Å². The van der Waals surface area contributed by atoms with E-state index in [-0.39, 0.29) is 12.2 Å². The molecule has 0 aliphatic rings. The van der Waals surface area contributed by atoms with Crippen LogP contribution < -0.4 is 30.4 Å². The Balaban J connectivity index is 1.47. The van der Waals surface area contributed by atoms with Gasteiger partial charge in [0.05, 0.1) is 19.9 Å². The first-order valence-electron chi connectivity index (χ1n) is 10.9. The Hall–Kier alpha value is -4.53. The first-order valence-corrected chi connectivity index (χ1v) is 10.9. The number of amides is 2. The lowest BCUT2D eigenvalue weighted by Gasteiger charge is -2.13. The molecule has 0 atom stereocenters. The summed E-state index contributed by atoms with van der Waals surface area (Å²) in [4.78, 5) is 29.6. The fourth-order valence-corrected chi connectivity index (χ4v) is 3.54. The van der Waals surface area contributed by atoms with Crippen molar-refractivity contribution in [1.29, 1.82) is 0 Å². The monoisotopic (exact) mass is 474 g/mol. The molecule has 2 amide bonds. The van der Waals surface area contributed by atoms with Crippen molar-refractivity contribution in [2.75, 3.05) is 24.9 Å². The molecular formula is C26H26N4O5. The van der Waals surface area contributed by atoms with E-state index in [0.29, 0.717) is 40.0 Å². The molecule has 0 saturated heterocycles. The lowest BCUT2D eigenvalue weighted by Crippen LogP contribution is -2.19. The summed E-state index contributed by atoms with van der Waals surface area (Å²) >= 11 is 0. The number of anilines is 2. The summed E-state index contributed by atoms with van der Waals surface area (Å²) in [6.45, 7) is 3.91. The van der Waals surface area contributed by atoms with E-state index in [0.717, 1.165) is 11.1 Å². The number of aromatic nitrogens is 2. The fourth-order valence-electron chi connectivity index (χ4n) is 3.54. The van der Waals surface area contributed by atoms with Crippen molar-refractivity contribution in [3.63, 3.8) is 0 Å². The van der Waals surface area contributed by atoms with Crippen LogP contribution in [0.3, 0.4) is 0 Å². The zero-order chi connectivity index (χ0) is 24.9. The highest BCUT2D eigenvalue weighted by Gasteiger charge is 2.10. The number of aryl methyl sites for hydroxylation is 2. The molecule has 9 nitrogen and oxygen atoms in total. The lowest BCUT2D eigenvalue weighted by atomic mass is 10.2. The van der Waals surface area contributed by atoms with E-state index < -0.39 is 6.03 Å². The standard InChI is InChI=1S/C26H26N4O5/c1-16-7-8-18(28-26(32)29-19-10-21(33-3)14-22(11-19)34-4)12-23(16)35-15-20-13-24(31)30-9-5-6-17(2)25(30)27-20/h5-14H,15H2,1-4H3,(H2,28,29,32). The van der Waals surface area contributed by atoms with E-state index in [2.05, 4.69) is 15.6 Å². The Labute approximate surface area is 202 Å². The van der Waals surface area contributed by atoms with Crippen molar-refractivity contribution < 1.29 is 19.0 Å². The third kappa shape index (κ3) is 5.52. The Kier molecular flexibility index (Phi) is 6.86. The first-order chi connectivity index (χ1) is 16.9. The number of carbonyl (C=O) groups excluding carboxylic acids is 1. The normalized spacial score (nSPS) is 10.6. The highest BCUT2D eigenvalue weighted by Crippen LogP contribution is 2.27. The van der Waals surface area contributed by atoms with Crippen LogP contribution in [0.1, 0.15) is 16.8 Å². The summed E-state index contributed by atoms with van der Waals surface area (Å²) in [5.74, 6) is 1.68. The Morgan fingerprint density at radius 1 is 0.914 bits per heavy atom. The van der Waals surface area contributed by atoms with Crippen molar-refractivity contribution in [3.05, 3.63) is 88.0 Å². The Morgan fingerprint density at radius 2 is 1.63 bits per heavy atom. The summed E-state index contributed by atoms with van der Waals surface area (Å²) in [5.41, 5.74) is 3.78. The number of hydrogen-bond donors (Lipinski definition) is 2. The molecular weight excluding hydrogens is 448 g/mol. The zero-order valence-corrected chi connectivity index (χ0v) is 19.9. The summed E-state index contributed by atoms with van der Waals surface area (Å²) < 4.78 is 17.9. The summed E-state index contributed by atoms with van der Waals surface area (Å²) in [5, 5.41) is 5.55. The van der Waals surface area contributed by atoms with Gasteiger partial charge in [-0.15, -0.1) is 0 Å². The van der Waals surface area contributed by atoms with Crippen molar-refractivity contribution >= 4 is 23.1 Å². The third-order valence-corrected chi connectivity index (χ3v) is 5.37. The molecule has 0 spiro atoms. The maximum atomic E-state index is 12.6. The number of ether oxygens (including phenoxy) is 3. The number of fused-ring (bicyclic) bond motifs is 1. The van der Waals surface area contributed by atoms with Crippen molar-refractivity contribution in [2.24, 2.45) is 0 Å². The second-order valence-corrected chi connectivity index (χ2v) is 7.92. The molecule has 2 heterocycles. The molecule has 180 valence electrons. The molecule has 4 rings (SSSR count). The van der Waals surface area contributed by atoms with Gasteiger partial charge in [-0.2, -0.15) is 0 Å². The average molecular weight is 475 g/mol. The number of rotatable bonds is 7. The SMILES string of the molecule is COc1cc(NC(=O)Nc2ccc(C)c(OCc3cc(=O)n4cccc(C)c4n3)c2)cc(OC)c1. The van der Waals surface area contributed by atoms with E-state index in [4.69, 9.17) is 14.2 Å². The highest BCUT2D eigenvalue weighted by atomic mass is 16.5. The van der Waals surface area contributed by atoms with Gasteiger partial charge >= 0.3 is 6.03 Å². The average Bonchev–Trinajstić information content (AvgIpc) is 2.84. The number of benzene rings is 2. The Morgan fingerprint density at radius 3 is 2.34 bits per heavy atom. The van der Waals surface area contributed by atoms with E-state index in [1.54, 1.807) is 36.5 Å². The number of carbonyl (C=O) groups is 1. The number of pyridine rings is 1. The molecule has 0 saturated carbocycles. The van der Waals surface area contributed by atoms with Crippen LogP contribution in [0.25, 0.3) is 5.65 Å². The van der Waals surface area contributed by atoms with Gasteiger partial charge in [0, 0.05) is 47.9 Å². The van der Waals surface area contributed by atoms with Crippen LogP contribution in [-0.2, 0) is 6.61 Å². The molecule has 0 fully saturated rings. The molecule has 0 aliphatic carbocycles. The first kappa shape index (κ1) is 23.6. The van der Waals surface area contributed by atoms with Crippen LogP contribution >= 0.6 is 0 Å². The molecule has 9 heteroatoms. The smallest absolute Gasteiger partial charge is 0.323 e. The van der Waals surface area contributed by atoms with Crippen LogP contribution in [0.5, 0.6) is 17.2 Å². The van der Waals surface area contributed by atoms with Crippen LogP contribution in [0, 0.1) is 13.8 Å². The second kappa shape index (κ2) is 10.2. The van der Waals surface area contributed by atoms with Gasteiger partial charge in [-0.05, 0) is 37.1 Å².